The van der Waals surface area contributed by atoms with Crippen LogP contribution >= 0.6 is 0 Å². The van der Waals surface area contributed by atoms with Gasteiger partial charge in [0.05, 0.1) is 0 Å². The van der Waals surface area contributed by atoms with Crippen LogP contribution in [0.15, 0.2) is 54.6 Å². The Bertz CT molecular complexity index is 884. The van der Waals surface area contributed by atoms with Gasteiger partial charge in [-0.2, -0.15) is 0 Å². The number of hydrogen-bond donors (Lipinski definition) is 0. The highest BCUT2D eigenvalue weighted by molar-refractivity contribution is 6.80. The van der Waals surface area contributed by atoms with E-state index in [-0.39, 0.29) is 17.6 Å². The quantitative estimate of drug-likeness (QED) is 0.624. The summed E-state index contributed by atoms with van der Waals surface area (Å²) in [7, 11) is -1.35. The van der Waals surface area contributed by atoms with E-state index in [9.17, 15) is 4.79 Å². The third kappa shape index (κ3) is 6.46. The van der Waals surface area contributed by atoms with Crippen molar-refractivity contribution in [1.82, 2.24) is 9.96 Å². The van der Waals surface area contributed by atoms with E-state index in [0.29, 0.717) is 0 Å². The first-order chi connectivity index (χ1) is 15.9. The minimum absolute atomic E-state index is 0.136. The van der Waals surface area contributed by atoms with Gasteiger partial charge >= 0.3 is 6.09 Å². The molecule has 0 atom stereocenters. The fraction of sp³-hybridized carbons (Fsp3) is 0.519. The predicted molar refractivity (Wildman–Crippen MR) is 134 cm³/mol. The minimum Gasteiger partial charge on any atom is -0.404 e. The molecule has 4 rings (SSSR count). The molecule has 2 fully saturated rings. The average Bonchev–Trinajstić information content (AvgIpc) is 2.84. The number of carbonyl (C=O) groups is 1. The van der Waals surface area contributed by atoms with E-state index in [1.807, 2.05) is 9.96 Å². The van der Waals surface area contributed by atoms with E-state index in [1.54, 1.807) is 0 Å². The third-order valence-electron chi connectivity index (χ3n) is 6.56. The summed E-state index contributed by atoms with van der Waals surface area (Å²) >= 11 is 0. The molecule has 177 valence electrons. The fourth-order valence-electron chi connectivity index (χ4n) is 4.47. The summed E-state index contributed by atoms with van der Waals surface area (Å²) in [5.41, 5.74) is 1.47. The molecule has 2 aromatic rings. The van der Waals surface area contributed by atoms with Crippen molar-refractivity contribution in [2.75, 3.05) is 26.2 Å². The molecular weight excluding hydrogens is 428 g/mol. The first kappa shape index (κ1) is 24.0. The molecule has 0 unspecified atom stereocenters. The van der Waals surface area contributed by atoms with E-state index in [0.717, 1.165) is 51.9 Å². The summed E-state index contributed by atoms with van der Waals surface area (Å²) in [5.74, 6) is 0. The van der Waals surface area contributed by atoms with Gasteiger partial charge in [0.25, 0.3) is 9.04 Å². The van der Waals surface area contributed by atoms with Crippen molar-refractivity contribution in [3.8, 4) is 0 Å². The summed E-state index contributed by atoms with van der Waals surface area (Å²) in [5, 5.41) is 4.37. The van der Waals surface area contributed by atoms with Gasteiger partial charge in [-0.05, 0) is 53.5 Å². The summed E-state index contributed by atoms with van der Waals surface area (Å²) in [6.45, 7) is 9.80. The van der Waals surface area contributed by atoms with E-state index in [4.69, 9.17) is 9.26 Å². The van der Waals surface area contributed by atoms with Gasteiger partial charge in [0.2, 0.25) is 0 Å². The zero-order chi connectivity index (χ0) is 23.3. The standard InChI is InChI=1S/C27H37N2O3Si/c1-27(2,3)22-12-14-25(15-13-22)33(24-10-6-4-7-11-24)32-23-16-20-29(21-17-23)31-26(30)28-18-8-5-9-19-28/h4,6-7,10-15,23H,5,8-9,16-21H2,1-3H3. The van der Waals surface area contributed by atoms with Crippen LogP contribution in [0.3, 0.4) is 0 Å². The lowest BCUT2D eigenvalue weighted by Crippen LogP contribution is -2.50. The van der Waals surface area contributed by atoms with Crippen LogP contribution in [0.5, 0.6) is 0 Å². The van der Waals surface area contributed by atoms with Crippen LogP contribution in [0.1, 0.15) is 58.4 Å². The van der Waals surface area contributed by atoms with Gasteiger partial charge in [-0.1, -0.05) is 75.4 Å². The van der Waals surface area contributed by atoms with Crippen LogP contribution in [0.4, 0.5) is 4.79 Å². The molecule has 2 aliphatic heterocycles. The summed E-state index contributed by atoms with van der Waals surface area (Å²) < 4.78 is 6.78. The Morgan fingerprint density at radius 2 is 1.45 bits per heavy atom. The van der Waals surface area contributed by atoms with Gasteiger partial charge in [-0.3, -0.25) is 0 Å². The van der Waals surface area contributed by atoms with Gasteiger partial charge in [-0.15, -0.1) is 5.06 Å². The second-order valence-corrected chi connectivity index (χ2v) is 12.2. The van der Waals surface area contributed by atoms with Crippen molar-refractivity contribution in [3.63, 3.8) is 0 Å². The highest BCUT2D eigenvalue weighted by atomic mass is 28.3. The van der Waals surface area contributed by atoms with Crippen molar-refractivity contribution >= 4 is 25.5 Å². The molecule has 2 aliphatic rings. The van der Waals surface area contributed by atoms with E-state index >= 15 is 0 Å². The smallest absolute Gasteiger partial charge is 0.404 e. The number of rotatable bonds is 5. The Morgan fingerprint density at radius 3 is 2.06 bits per heavy atom. The Balaban J connectivity index is 1.38. The van der Waals surface area contributed by atoms with Gasteiger partial charge in [0.15, 0.2) is 0 Å². The van der Waals surface area contributed by atoms with Crippen molar-refractivity contribution in [2.24, 2.45) is 0 Å². The molecule has 0 N–H and O–H groups in total. The van der Waals surface area contributed by atoms with Crippen LogP contribution in [-0.2, 0) is 14.7 Å². The zero-order valence-electron chi connectivity index (χ0n) is 20.3. The lowest BCUT2D eigenvalue weighted by molar-refractivity contribution is -0.135. The molecule has 1 amide bonds. The first-order valence-electron chi connectivity index (χ1n) is 12.3. The maximum absolute atomic E-state index is 12.4. The number of benzene rings is 2. The number of carbonyl (C=O) groups excluding carboxylic acids is 1. The number of amides is 1. The minimum atomic E-state index is -1.35. The van der Waals surface area contributed by atoms with Gasteiger partial charge in [-0.25, -0.2) is 4.79 Å². The lowest BCUT2D eigenvalue weighted by Gasteiger charge is -2.34. The molecule has 6 heteroatoms. The van der Waals surface area contributed by atoms with Crippen LogP contribution in [-0.4, -0.2) is 57.4 Å². The fourth-order valence-corrected chi connectivity index (χ4v) is 6.61. The normalized spacial score (nSPS) is 18.5. The largest absolute Gasteiger partial charge is 0.428 e. The maximum atomic E-state index is 12.4. The van der Waals surface area contributed by atoms with Crippen molar-refractivity contribution in [1.29, 1.82) is 0 Å². The van der Waals surface area contributed by atoms with Crippen LogP contribution < -0.4 is 10.4 Å². The van der Waals surface area contributed by atoms with Crippen LogP contribution in [0.25, 0.3) is 0 Å². The number of hydrogen-bond acceptors (Lipinski definition) is 4. The zero-order valence-corrected chi connectivity index (χ0v) is 21.3. The van der Waals surface area contributed by atoms with E-state index < -0.39 is 9.04 Å². The van der Waals surface area contributed by atoms with Crippen molar-refractivity contribution < 1.29 is 14.1 Å². The van der Waals surface area contributed by atoms with Gasteiger partial charge in [0, 0.05) is 32.3 Å². The second kappa shape index (κ2) is 10.8. The highest BCUT2D eigenvalue weighted by Gasteiger charge is 2.29. The third-order valence-corrected chi connectivity index (χ3v) is 8.84. The second-order valence-electron chi connectivity index (χ2n) is 10.2. The highest BCUT2D eigenvalue weighted by Crippen LogP contribution is 2.21. The molecule has 2 saturated heterocycles. The molecular formula is C27H37N2O3Si. The summed E-state index contributed by atoms with van der Waals surface area (Å²) in [6, 6.07) is 19.6. The molecule has 0 aromatic heterocycles. The molecule has 2 heterocycles. The van der Waals surface area contributed by atoms with Crippen LogP contribution in [0, 0.1) is 0 Å². The van der Waals surface area contributed by atoms with Gasteiger partial charge in [0.1, 0.15) is 0 Å². The SMILES string of the molecule is CC(C)(C)c1ccc([Si](OC2CCN(OC(=O)N3CCCCC3)CC2)c2ccccc2)cc1. The number of piperidine rings is 2. The molecule has 2 aromatic carbocycles. The van der Waals surface area contributed by atoms with Crippen molar-refractivity contribution in [2.45, 2.75) is 64.4 Å². The summed E-state index contributed by atoms with van der Waals surface area (Å²) in [6.07, 6.45) is 5.07. The number of nitrogens with zero attached hydrogens (tertiary/aromatic N) is 2. The van der Waals surface area contributed by atoms with E-state index in [2.05, 4.69) is 75.4 Å². The monoisotopic (exact) mass is 465 g/mol. The Hall–Kier alpha value is -2.15. The predicted octanol–water partition coefficient (Wildman–Crippen LogP) is 4.11. The average molecular weight is 466 g/mol. The van der Waals surface area contributed by atoms with Crippen LogP contribution in [0.2, 0.25) is 0 Å². The Morgan fingerprint density at radius 1 is 0.848 bits per heavy atom. The van der Waals surface area contributed by atoms with Crippen molar-refractivity contribution in [3.05, 3.63) is 60.2 Å². The Labute approximate surface area is 200 Å². The molecule has 0 spiro atoms. The molecule has 33 heavy (non-hydrogen) atoms. The maximum Gasteiger partial charge on any atom is 0.428 e. The molecule has 0 aliphatic carbocycles. The molecule has 0 bridgehead atoms. The Kier molecular flexibility index (Phi) is 7.89. The molecule has 5 nitrogen and oxygen atoms in total. The summed E-state index contributed by atoms with van der Waals surface area (Å²) in [4.78, 5) is 19.9. The number of likely N-dealkylation sites (tertiary alicyclic amines) is 1. The topological polar surface area (TPSA) is 42.0 Å². The first-order valence-corrected chi connectivity index (χ1v) is 13.7. The van der Waals surface area contributed by atoms with E-state index in [1.165, 1.54) is 22.4 Å². The van der Waals surface area contributed by atoms with Gasteiger partial charge < -0.3 is 14.2 Å². The lowest BCUT2D eigenvalue weighted by atomic mass is 9.87. The number of hydroxylamine groups is 2. The molecule has 1 radical (unpaired) electrons. The molecule has 0 saturated carbocycles.